The molecule has 6 heteroatoms. The summed E-state index contributed by atoms with van der Waals surface area (Å²) in [5.41, 5.74) is 12.2. The van der Waals surface area contributed by atoms with Crippen LogP contribution < -0.4 is 5.73 Å². The molecule has 0 amide bonds. The number of aromatic amines is 1. The van der Waals surface area contributed by atoms with Crippen LogP contribution in [-0.2, 0) is 0 Å². The summed E-state index contributed by atoms with van der Waals surface area (Å²) in [6, 6.07) is 15.7. The molecule has 0 saturated heterocycles. The van der Waals surface area contributed by atoms with Gasteiger partial charge in [0.15, 0.2) is 0 Å². The van der Waals surface area contributed by atoms with Gasteiger partial charge in [0.2, 0.25) is 5.82 Å². The second-order valence-corrected chi connectivity index (χ2v) is 5.98. The van der Waals surface area contributed by atoms with E-state index in [1.165, 1.54) is 5.56 Å². The summed E-state index contributed by atoms with van der Waals surface area (Å²) >= 11 is 0. The van der Waals surface area contributed by atoms with Gasteiger partial charge in [0, 0.05) is 16.8 Å². The fourth-order valence-electron chi connectivity index (χ4n) is 2.64. The highest BCUT2D eigenvalue weighted by molar-refractivity contribution is 5.69. The van der Waals surface area contributed by atoms with Gasteiger partial charge in [-0.15, -0.1) is 0 Å². The number of nitrogen functional groups attached to an aromatic ring is 1. The highest BCUT2D eigenvalue weighted by Gasteiger charge is 2.15. The summed E-state index contributed by atoms with van der Waals surface area (Å²) in [4.78, 5) is 4.47. The first kappa shape index (κ1) is 15.1. The van der Waals surface area contributed by atoms with Gasteiger partial charge in [0.05, 0.1) is 5.69 Å². The van der Waals surface area contributed by atoms with Crippen molar-refractivity contribution in [1.82, 2.24) is 20.3 Å². The van der Waals surface area contributed by atoms with Crippen LogP contribution in [-0.4, -0.2) is 20.3 Å². The van der Waals surface area contributed by atoms with E-state index in [0.29, 0.717) is 23.1 Å². The zero-order chi connectivity index (χ0) is 17.4. The van der Waals surface area contributed by atoms with Crippen molar-refractivity contribution in [2.75, 3.05) is 5.73 Å². The fourth-order valence-corrected chi connectivity index (χ4v) is 2.64. The monoisotopic (exact) mass is 331 g/mol. The van der Waals surface area contributed by atoms with Crippen LogP contribution in [0.3, 0.4) is 0 Å². The molecule has 0 aliphatic heterocycles. The summed E-state index contributed by atoms with van der Waals surface area (Å²) in [5, 5.41) is 11.4. The minimum absolute atomic E-state index is 0.391. The second kappa shape index (κ2) is 5.90. The molecule has 0 saturated carbocycles. The summed E-state index contributed by atoms with van der Waals surface area (Å²) in [5.74, 6) is 0.897. The first-order valence-electron chi connectivity index (χ1n) is 7.94. The molecule has 2 heterocycles. The molecule has 0 radical (unpaired) electrons. The average Bonchev–Trinajstić information content (AvgIpc) is 3.27. The quantitative estimate of drug-likeness (QED) is 0.554. The van der Waals surface area contributed by atoms with E-state index in [2.05, 4.69) is 39.4 Å². The first-order valence-corrected chi connectivity index (χ1v) is 7.94. The number of rotatable bonds is 3. The zero-order valence-electron chi connectivity index (χ0n) is 13.9. The van der Waals surface area contributed by atoms with Crippen molar-refractivity contribution in [3.63, 3.8) is 0 Å². The van der Waals surface area contributed by atoms with Crippen LogP contribution in [0.15, 0.2) is 53.1 Å². The highest BCUT2D eigenvalue weighted by atomic mass is 16.5. The van der Waals surface area contributed by atoms with Crippen LogP contribution >= 0.6 is 0 Å². The van der Waals surface area contributed by atoms with Crippen LogP contribution in [0.4, 0.5) is 5.69 Å². The van der Waals surface area contributed by atoms with Crippen molar-refractivity contribution >= 4 is 5.69 Å². The minimum Gasteiger partial charge on any atom is -0.398 e. The van der Waals surface area contributed by atoms with E-state index >= 15 is 0 Å². The molecule has 0 bridgehead atoms. The number of hydrogen-bond acceptors (Lipinski definition) is 5. The van der Waals surface area contributed by atoms with Crippen molar-refractivity contribution < 1.29 is 4.52 Å². The Bertz CT molecular complexity index is 1030. The molecule has 3 N–H and O–H groups in total. The van der Waals surface area contributed by atoms with Gasteiger partial charge in [-0.1, -0.05) is 47.1 Å². The predicted molar refractivity (Wildman–Crippen MR) is 96.6 cm³/mol. The predicted octanol–water partition coefficient (Wildman–Crippen LogP) is 3.99. The molecular weight excluding hydrogens is 314 g/mol. The lowest BCUT2D eigenvalue weighted by molar-refractivity contribution is 0.431. The van der Waals surface area contributed by atoms with E-state index in [4.69, 9.17) is 10.3 Å². The Morgan fingerprint density at radius 1 is 1.04 bits per heavy atom. The Hall–Kier alpha value is -3.41. The Morgan fingerprint density at radius 3 is 2.64 bits per heavy atom. The molecule has 0 fully saturated rings. The lowest BCUT2D eigenvalue weighted by atomic mass is 10.1. The van der Waals surface area contributed by atoms with Gasteiger partial charge < -0.3 is 10.3 Å². The standard InChI is InChI=1S/C19H17N5O/c1-11-6-8-13(9-7-11)16-10-17(23-22-16)19-21-18(24-25-19)14-4-3-5-15(20)12(14)2/h3-10H,20H2,1-2H3,(H,22,23). The van der Waals surface area contributed by atoms with Gasteiger partial charge >= 0.3 is 0 Å². The molecule has 0 spiro atoms. The van der Waals surface area contributed by atoms with Gasteiger partial charge in [0.1, 0.15) is 5.69 Å². The second-order valence-electron chi connectivity index (χ2n) is 5.98. The molecule has 0 atom stereocenters. The van der Waals surface area contributed by atoms with E-state index in [1.807, 2.05) is 43.3 Å². The molecule has 124 valence electrons. The van der Waals surface area contributed by atoms with Gasteiger partial charge in [-0.05, 0) is 31.5 Å². The number of nitrogens with one attached hydrogen (secondary N) is 1. The molecule has 2 aromatic heterocycles. The Morgan fingerprint density at radius 2 is 1.84 bits per heavy atom. The SMILES string of the molecule is Cc1ccc(-c2cc(-c3nc(-c4cccc(N)c4C)no3)[nH]n2)cc1. The molecular formula is C19H17N5O. The minimum atomic E-state index is 0.391. The number of benzene rings is 2. The van der Waals surface area contributed by atoms with E-state index < -0.39 is 0 Å². The molecule has 0 aliphatic rings. The van der Waals surface area contributed by atoms with Gasteiger partial charge in [0.25, 0.3) is 5.89 Å². The maximum atomic E-state index is 5.95. The fraction of sp³-hybridized carbons (Fsp3) is 0.105. The van der Waals surface area contributed by atoms with Crippen LogP contribution in [0.2, 0.25) is 0 Å². The van der Waals surface area contributed by atoms with Crippen molar-refractivity contribution in [3.8, 4) is 34.2 Å². The number of H-pyrrole nitrogens is 1. The van der Waals surface area contributed by atoms with Crippen molar-refractivity contribution in [2.45, 2.75) is 13.8 Å². The van der Waals surface area contributed by atoms with Crippen LogP contribution in [0.5, 0.6) is 0 Å². The number of aromatic nitrogens is 4. The van der Waals surface area contributed by atoms with Crippen LogP contribution in [0.25, 0.3) is 34.2 Å². The number of nitrogens with two attached hydrogens (primary N) is 1. The topological polar surface area (TPSA) is 93.6 Å². The Kier molecular flexibility index (Phi) is 3.57. The molecule has 4 rings (SSSR count). The third-order valence-electron chi connectivity index (χ3n) is 4.20. The largest absolute Gasteiger partial charge is 0.398 e. The maximum absolute atomic E-state index is 5.95. The molecule has 0 aliphatic carbocycles. The third-order valence-corrected chi connectivity index (χ3v) is 4.20. The summed E-state index contributed by atoms with van der Waals surface area (Å²) < 4.78 is 5.40. The van der Waals surface area contributed by atoms with Crippen LogP contribution in [0.1, 0.15) is 11.1 Å². The van der Waals surface area contributed by atoms with E-state index in [-0.39, 0.29) is 0 Å². The summed E-state index contributed by atoms with van der Waals surface area (Å²) in [7, 11) is 0. The van der Waals surface area contributed by atoms with Crippen molar-refractivity contribution in [2.24, 2.45) is 0 Å². The number of anilines is 1. The van der Waals surface area contributed by atoms with Crippen LogP contribution in [0, 0.1) is 13.8 Å². The Labute approximate surface area is 144 Å². The van der Waals surface area contributed by atoms with Gasteiger partial charge in [-0.2, -0.15) is 10.1 Å². The number of aryl methyl sites for hydroxylation is 1. The van der Waals surface area contributed by atoms with Crippen molar-refractivity contribution in [1.29, 1.82) is 0 Å². The van der Waals surface area contributed by atoms with E-state index in [1.54, 1.807) is 0 Å². The number of hydrogen-bond donors (Lipinski definition) is 2. The first-order chi connectivity index (χ1) is 12.1. The Balaban J connectivity index is 1.67. The summed E-state index contributed by atoms with van der Waals surface area (Å²) in [6.45, 7) is 3.99. The molecule has 0 unspecified atom stereocenters. The molecule has 25 heavy (non-hydrogen) atoms. The normalized spacial score (nSPS) is 11.0. The zero-order valence-corrected chi connectivity index (χ0v) is 13.9. The lowest BCUT2D eigenvalue weighted by Gasteiger charge is -2.03. The van der Waals surface area contributed by atoms with Gasteiger partial charge in [-0.3, -0.25) is 5.10 Å². The summed E-state index contributed by atoms with van der Waals surface area (Å²) in [6.07, 6.45) is 0. The highest BCUT2D eigenvalue weighted by Crippen LogP contribution is 2.28. The number of nitrogens with zero attached hydrogens (tertiary/aromatic N) is 3. The molecule has 6 nitrogen and oxygen atoms in total. The van der Waals surface area contributed by atoms with E-state index in [9.17, 15) is 0 Å². The third kappa shape index (κ3) is 2.78. The maximum Gasteiger partial charge on any atom is 0.276 e. The van der Waals surface area contributed by atoms with Crippen molar-refractivity contribution in [3.05, 3.63) is 59.7 Å². The molecule has 2 aromatic carbocycles. The van der Waals surface area contributed by atoms with Gasteiger partial charge in [-0.25, -0.2) is 0 Å². The lowest BCUT2D eigenvalue weighted by Crippen LogP contribution is -1.92. The average molecular weight is 331 g/mol. The smallest absolute Gasteiger partial charge is 0.276 e. The van der Waals surface area contributed by atoms with E-state index in [0.717, 1.165) is 22.4 Å². The molecule has 4 aromatic rings.